The zero-order valence-electron chi connectivity index (χ0n) is 17.1. The molecule has 0 spiro atoms. The Kier molecular flexibility index (Phi) is 8.58. The van der Waals surface area contributed by atoms with Crippen molar-refractivity contribution in [2.75, 3.05) is 19.6 Å². The average molecular weight is 402 g/mol. The Morgan fingerprint density at radius 2 is 1.83 bits per heavy atom. The molecule has 0 heterocycles. The van der Waals surface area contributed by atoms with E-state index in [2.05, 4.69) is 20.9 Å². The molecule has 0 bridgehead atoms. The molecule has 1 unspecified atom stereocenters. The van der Waals surface area contributed by atoms with E-state index < -0.39 is 0 Å². The van der Waals surface area contributed by atoms with Crippen molar-refractivity contribution in [1.82, 2.24) is 16.0 Å². The van der Waals surface area contributed by atoms with Gasteiger partial charge in [-0.2, -0.15) is 0 Å². The van der Waals surface area contributed by atoms with Gasteiger partial charge in [-0.25, -0.2) is 8.78 Å². The van der Waals surface area contributed by atoms with Gasteiger partial charge in [0.05, 0.1) is 19.0 Å². The molecule has 0 radical (unpaired) electrons. The predicted molar refractivity (Wildman–Crippen MR) is 112 cm³/mol. The number of hydrogen-bond acceptors (Lipinski definition) is 2. The van der Waals surface area contributed by atoms with Crippen LogP contribution in [0.2, 0.25) is 0 Å². The fourth-order valence-corrected chi connectivity index (χ4v) is 2.70. The number of carbonyl (C=O) groups excluding carboxylic acids is 1. The second kappa shape index (κ2) is 11.1. The maximum Gasteiger partial charge on any atom is 0.224 e. The molecule has 29 heavy (non-hydrogen) atoms. The van der Waals surface area contributed by atoms with Crippen LogP contribution >= 0.6 is 0 Å². The minimum absolute atomic E-state index is 0.129. The first-order valence-corrected chi connectivity index (χ1v) is 9.71. The number of carbonyl (C=O) groups is 1. The Labute approximate surface area is 170 Å². The van der Waals surface area contributed by atoms with Crippen molar-refractivity contribution < 1.29 is 13.6 Å². The van der Waals surface area contributed by atoms with Crippen molar-refractivity contribution in [3.63, 3.8) is 0 Å². The lowest BCUT2D eigenvalue weighted by atomic mass is 10.1. The van der Waals surface area contributed by atoms with Crippen molar-refractivity contribution in [2.45, 2.75) is 33.2 Å². The predicted octanol–water partition coefficient (Wildman–Crippen LogP) is 3.25. The minimum Gasteiger partial charge on any atom is -0.357 e. The van der Waals surface area contributed by atoms with Gasteiger partial charge in [0, 0.05) is 13.1 Å². The summed E-state index contributed by atoms with van der Waals surface area (Å²) in [6.45, 7) is 7.06. The summed E-state index contributed by atoms with van der Waals surface area (Å²) < 4.78 is 26.7. The molecule has 0 aliphatic rings. The highest BCUT2D eigenvalue weighted by Crippen LogP contribution is 2.16. The van der Waals surface area contributed by atoms with Crippen molar-refractivity contribution in [2.24, 2.45) is 4.99 Å². The molecule has 1 atom stereocenters. The number of aliphatic imine (C=N–C) groups is 1. The zero-order chi connectivity index (χ0) is 21.2. The highest BCUT2D eigenvalue weighted by molar-refractivity contribution is 5.80. The van der Waals surface area contributed by atoms with Gasteiger partial charge < -0.3 is 16.0 Å². The third-order valence-corrected chi connectivity index (χ3v) is 4.38. The van der Waals surface area contributed by atoms with Crippen LogP contribution in [0.4, 0.5) is 8.78 Å². The minimum atomic E-state index is -0.324. The first-order chi connectivity index (χ1) is 13.9. The van der Waals surface area contributed by atoms with Crippen LogP contribution in [0.25, 0.3) is 0 Å². The lowest BCUT2D eigenvalue weighted by Gasteiger charge is -2.18. The van der Waals surface area contributed by atoms with Gasteiger partial charge in [0.25, 0.3) is 0 Å². The number of benzene rings is 2. The Morgan fingerprint density at radius 3 is 2.48 bits per heavy atom. The van der Waals surface area contributed by atoms with E-state index in [1.54, 1.807) is 25.1 Å². The van der Waals surface area contributed by atoms with Crippen LogP contribution in [-0.4, -0.2) is 31.5 Å². The van der Waals surface area contributed by atoms with Crippen LogP contribution in [0.3, 0.4) is 0 Å². The molecule has 5 nitrogen and oxygen atoms in total. The first-order valence-electron chi connectivity index (χ1n) is 9.71. The van der Waals surface area contributed by atoms with Crippen LogP contribution in [0.15, 0.2) is 47.5 Å². The van der Waals surface area contributed by atoms with Crippen molar-refractivity contribution >= 4 is 11.9 Å². The van der Waals surface area contributed by atoms with Crippen LogP contribution < -0.4 is 16.0 Å². The number of hydrogen-bond donors (Lipinski definition) is 3. The monoisotopic (exact) mass is 402 g/mol. The van der Waals surface area contributed by atoms with Crippen molar-refractivity contribution in [3.05, 3.63) is 70.8 Å². The number of aryl methyl sites for hydroxylation is 1. The Bertz CT molecular complexity index is 837. The van der Waals surface area contributed by atoms with Gasteiger partial charge in [0.2, 0.25) is 5.91 Å². The van der Waals surface area contributed by atoms with Gasteiger partial charge in [-0.15, -0.1) is 0 Å². The summed E-state index contributed by atoms with van der Waals surface area (Å²) in [7, 11) is 0. The number of halogens is 2. The number of amides is 1. The third kappa shape index (κ3) is 7.52. The summed E-state index contributed by atoms with van der Waals surface area (Å²) in [5.74, 6) is -0.112. The van der Waals surface area contributed by atoms with E-state index in [0.29, 0.717) is 31.2 Å². The van der Waals surface area contributed by atoms with Gasteiger partial charge in [-0.3, -0.25) is 9.79 Å². The molecular formula is C22H28F2N4O. The van der Waals surface area contributed by atoms with Crippen LogP contribution in [0.1, 0.15) is 36.6 Å². The summed E-state index contributed by atoms with van der Waals surface area (Å²) >= 11 is 0. The first kappa shape index (κ1) is 22.3. The highest BCUT2D eigenvalue weighted by Gasteiger charge is 2.10. The normalized spacial score (nSPS) is 12.4. The number of rotatable bonds is 8. The van der Waals surface area contributed by atoms with E-state index in [1.807, 2.05) is 19.9 Å². The van der Waals surface area contributed by atoms with Crippen molar-refractivity contribution in [1.29, 1.82) is 0 Å². The Morgan fingerprint density at radius 1 is 1.10 bits per heavy atom. The molecule has 156 valence electrons. The topological polar surface area (TPSA) is 65.5 Å². The second-order valence-corrected chi connectivity index (χ2v) is 6.79. The molecule has 2 aromatic carbocycles. The van der Waals surface area contributed by atoms with E-state index in [9.17, 15) is 13.6 Å². The molecule has 3 N–H and O–H groups in total. The summed E-state index contributed by atoms with van der Waals surface area (Å²) in [5.41, 5.74) is 2.19. The summed E-state index contributed by atoms with van der Waals surface area (Å²) in [6, 6.07) is 10.9. The molecule has 2 aromatic rings. The molecule has 2 rings (SSSR count). The molecule has 7 heteroatoms. The SMILES string of the molecule is CCNC(=NCCNC(=O)Cc1ccc(F)cc1)NC(C)c1ccc(C)c(F)c1. The second-order valence-electron chi connectivity index (χ2n) is 6.79. The number of nitrogens with zero attached hydrogens (tertiary/aromatic N) is 1. The summed E-state index contributed by atoms with van der Waals surface area (Å²) in [4.78, 5) is 16.4. The Hall–Kier alpha value is -2.96. The molecule has 0 aliphatic heterocycles. The van der Waals surface area contributed by atoms with E-state index in [-0.39, 0.29) is 30.0 Å². The largest absolute Gasteiger partial charge is 0.357 e. The maximum atomic E-state index is 13.8. The zero-order valence-corrected chi connectivity index (χ0v) is 17.1. The van der Waals surface area contributed by atoms with Gasteiger partial charge in [0.1, 0.15) is 11.6 Å². The van der Waals surface area contributed by atoms with Gasteiger partial charge in [0.15, 0.2) is 5.96 Å². The van der Waals surface area contributed by atoms with Crippen LogP contribution in [0, 0.1) is 18.6 Å². The van der Waals surface area contributed by atoms with E-state index in [1.165, 1.54) is 18.2 Å². The fraction of sp³-hybridized carbons (Fsp3) is 0.364. The molecule has 0 aromatic heterocycles. The van der Waals surface area contributed by atoms with Crippen LogP contribution in [-0.2, 0) is 11.2 Å². The highest BCUT2D eigenvalue weighted by atomic mass is 19.1. The molecule has 0 aliphatic carbocycles. The lowest BCUT2D eigenvalue weighted by molar-refractivity contribution is -0.120. The van der Waals surface area contributed by atoms with E-state index in [4.69, 9.17) is 0 Å². The van der Waals surface area contributed by atoms with Gasteiger partial charge in [-0.1, -0.05) is 24.3 Å². The van der Waals surface area contributed by atoms with E-state index >= 15 is 0 Å². The van der Waals surface area contributed by atoms with Crippen molar-refractivity contribution in [3.8, 4) is 0 Å². The number of guanidine groups is 1. The van der Waals surface area contributed by atoms with Gasteiger partial charge >= 0.3 is 0 Å². The smallest absolute Gasteiger partial charge is 0.224 e. The summed E-state index contributed by atoms with van der Waals surface area (Å²) in [6.07, 6.45) is 0.193. The van der Waals surface area contributed by atoms with E-state index in [0.717, 1.165) is 11.1 Å². The quantitative estimate of drug-likeness (QED) is 0.361. The van der Waals surface area contributed by atoms with Gasteiger partial charge in [-0.05, 0) is 55.7 Å². The standard InChI is InChI=1S/C22H28F2N4O/c1-4-25-22(28-16(3)18-8-5-15(2)20(24)14-18)27-12-11-26-21(29)13-17-6-9-19(23)10-7-17/h5-10,14,16H,4,11-13H2,1-3H3,(H,26,29)(H2,25,27,28). The molecule has 0 fully saturated rings. The summed E-state index contributed by atoms with van der Waals surface area (Å²) in [5, 5.41) is 9.17. The third-order valence-electron chi connectivity index (χ3n) is 4.38. The maximum absolute atomic E-state index is 13.8. The molecule has 0 saturated heterocycles. The average Bonchev–Trinajstić information content (AvgIpc) is 2.69. The Balaban J connectivity index is 1.83. The molecule has 0 saturated carbocycles. The molecule has 1 amide bonds. The molecular weight excluding hydrogens is 374 g/mol. The lowest BCUT2D eigenvalue weighted by Crippen LogP contribution is -2.39. The fourth-order valence-electron chi connectivity index (χ4n) is 2.70. The van der Waals surface area contributed by atoms with Crippen LogP contribution in [0.5, 0.6) is 0 Å². The number of nitrogens with one attached hydrogen (secondary N) is 3.